The Balaban J connectivity index is 2.17. The van der Waals surface area contributed by atoms with Gasteiger partial charge in [-0.2, -0.15) is 4.98 Å². The zero-order valence-corrected chi connectivity index (χ0v) is 11.3. The van der Waals surface area contributed by atoms with Crippen LogP contribution in [0.15, 0.2) is 4.52 Å². The molecule has 5 nitrogen and oxygen atoms in total. The van der Waals surface area contributed by atoms with Crippen molar-refractivity contribution < 1.29 is 9.26 Å². The molecular weight excluding hydrogens is 230 g/mol. The maximum Gasteiger partial charge on any atom is 0.228 e. The summed E-state index contributed by atoms with van der Waals surface area (Å²) in [6.45, 7) is 1.93. The van der Waals surface area contributed by atoms with Gasteiger partial charge in [-0.15, -0.1) is 0 Å². The highest BCUT2D eigenvalue weighted by Gasteiger charge is 2.37. The van der Waals surface area contributed by atoms with Crippen LogP contribution in [0.2, 0.25) is 0 Å². The van der Waals surface area contributed by atoms with Crippen LogP contribution in [0.4, 0.5) is 0 Å². The molecule has 5 heteroatoms. The van der Waals surface area contributed by atoms with Gasteiger partial charge in [0.2, 0.25) is 11.7 Å². The molecule has 0 radical (unpaired) electrons. The molecule has 2 rings (SSSR count). The zero-order valence-electron chi connectivity index (χ0n) is 11.3. The third-order valence-electron chi connectivity index (χ3n) is 3.67. The van der Waals surface area contributed by atoms with E-state index in [9.17, 15) is 0 Å². The minimum absolute atomic E-state index is 0.0333. The van der Waals surface area contributed by atoms with Gasteiger partial charge in [0.25, 0.3) is 0 Å². The van der Waals surface area contributed by atoms with Crippen molar-refractivity contribution in [2.24, 2.45) is 5.73 Å². The number of rotatable bonds is 4. The first-order valence-electron chi connectivity index (χ1n) is 6.80. The second kappa shape index (κ2) is 5.80. The highest BCUT2D eigenvalue weighted by Crippen LogP contribution is 2.37. The van der Waals surface area contributed by atoms with Gasteiger partial charge in [0.15, 0.2) is 0 Å². The first kappa shape index (κ1) is 13.5. The zero-order chi connectivity index (χ0) is 13.0. The normalized spacial score (nSPS) is 21.5. The topological polar surface area (TPSA) is 74.2 Å². The van der Waals surface area contributed by atoms with Crippen molar-refractivity contribution in [3.63, 3.8) is 0 Å². The molecule has 1 saturated carbocycles. The Hall–Kier alpha value is -0.940. The molecule has 1 aromatic heterocycles. The molecule has 1 aromatic rings. The van der Waals surface area contributed by atoms with E-state index in [-0.39, 0.29) is 11.6 Å². The second-order valence-corrected chi connectivity index (χ2v) is 5.31. The van der Waals surface area contributed by atoms with Crippen LogP contribution in [0.25, 0.3) is 0 Å². The summed E-state index contributed by atoms with van der Waals surface area (Å²) in [7, 11) is 1.74. The van der Waals surface area contributed by atoms with E-state index >= 15 is 0 Å². The SMILES string of the molecule is COC1(c2noc(CC(C)N)n2)CCCCCC1. The molecule has 0 aromatic carbocycles. The van der Waals surface area contributed by atoms with Gasteiger partial charge >= 0.3 is 0 Å². The van der Waals surface area contributed by atoms with Crippen molar-refractivity contribution in [3.8, 4) is 0 Å². The fourth-order valence-corrected chi connectivity index (χ4v) is 2.62. The van der Waals surface area contributed by atoms with Crippen molar-refractivity contribution in [3.05, 3.63) is 11.7 Å². The molecule has 1 aliphatic carbocycles. The molecule has 0 amide bonds. The van der Waals surface area contributed by atoms with E-state index in [0.29, 0.717) is 18.1 Å². The maximum absolute atomic E-state index is 5.75. The first-order valence-corrected chi connectivity index (χ1v) is 6.80. The van der Waals surface area contributed by atoms with Gasteiger partial charge in [-0.25, -0.2) is 0 Å². The van der Waals surface area contributed by atoms with E-state index in [1.165, 1.54) is 12.8 Å². The third-order valence-corrected chi connectivity index (χ3v) is 3.67. The number of aromatic nitrogens is 2. The van der Waals surface area contributed by atoms with Crippen LogP contribution in [0.5, 0.6) is 0 Å². The summed E-state index contributed by atoms with van der Waals surface area (Å²) in [5.41, 5.74) is 5.39. The highest BCUT2D eigenvalue weighted by molar-refractivity contribution is 5.03. The summed E-state index contributed by atoms with van der Waals surface area (Å²) in [6, 6.07) is 0.0333. The monoisotopic (exact) mass is 253 g/mol. The minimum atomic E-state index is -0.351. The van der Waals surface area contributed by atoms with Crippen molar-refractivity contribution in [2.75, 3.05) is 7.11 Å². The van der Waals surface area contributed by atoms with Crippen LogP contribution in [-0.4, -0.2) is 23.3 Å². The van der Waals surface area contributed by atoms with Gasteiger partial charge in [-0.05, 0) is 19.8 Å². The maximum atomic E-state index is 5.75. The number of hydrogen-bond donors (Lipinski definition) is 1. The smallest absolute Gasteiger partial charge is 0.228 e. The van der Waals surface area contributed by atoms with Crippen LogP contribution in [-0.2, 0) is 16.8 Å². The Labute approximate surface area is 108 Å². The van der Waals surface area contributed by atoms with Gasteiger partial charge in [0.05, 0.1) is 0 Å². The molecule has 2 N–H and O–H groups in total. The molecule has 0 spiro atoms. The standard InChI is InChI=1S/C13H23N3O2/c1-10(14)9-11-15-12(16-18-11)13(17-2)7-5-3-4-6-8-13/h10H,3-9,14H2,1-2H3. The summed E-state index contributed by atoms with van der Waals surface area (Å²) < 4.78 is 11.0. The van der Waals surface area contributed by atoms with Crippen molar-refractivity contribution in [1.82, 2.24) is 10.1 Å². The summed E-state index contributed by atoms with van der Waals surface area (Å²) in [5, 5.41) is 4.11. The minimum Gasteiger partial charge on any atom is -0.370 e. The number of ether oxygens (including phenoxy) is 1. The molecule has 0 aliphatic heterocycles. The second-order valence-electron chi connectivity index (χ2n) is 5.31. The average molecular weight is 253 g/mol. The molecule has 1 atom stereocenters. The lowest BCUT2D eigenvalue weighted by atomic mass is 9.93. The number of hydrogen-bond acceptors (Lipinski definition) is 5. The fraction of sp³-hybridized carbons (Fsp3) is 0.846. The van der Waals surface area contributed by atoms with Crippen LogP contribution < -0.4 is 5.73 Å². The highest BCUT2D eigenvalue weighted by atomic mass is 16.5. The van der Waals surface area contributed by atoms with E-state index < -0.39 is 0 Å². The third kappa shape index (κ3) is 2.90. The number of methoxy groups -OCH3 is 1. The van der Waals surface area contributed by atoms with Crippen LogP contribution in [0.1, 0.15) is 57.2 Å². The van der Waals surface area contributed by atoms with Crippen molar-refractivity contribution >= 4 is 0 Å². The predicted molar refractivity (Wildman–Crippen MR) is 68.0 cm³/mol. The van der Waals surface area contributed by atoms with Gasteiger partial charge in [-0.3, -0.25) is 0 Å². The van der Waals surface area contributed by atoms with Gasteiger partial charge < -0.3 is 15.0 Å². The quantitative estimate of drug-likeness (QED) is 0.832. The number of nitrogens with two attached hydrogens (primary N) is 1. The molecule has 1 unspecified atom stereocenters. The number of nitrogens with zero attached hydrogens (tertiary/aromatic N) is 2. The Morgan fingerprint density at radius 3 is 2.56 bits per heavy atom. The summed E-state index contributed by atoms with van der Waals surface area (Å²) in [6.07, 6.45) is 7.40. The van der Waals surface area contributed by atoms with Gasteiger partial charge in [0, 0.05) is 19.6 Å². The first-order chi connectivity index (χ1) is 8.66. The molecule has 1 heterocycles. The van der Waals surface area contributed by atoms with Crippen LogP contribution >= 0.6 is 0 Å². The van der Waals surface area contributed by atoms with Gasteiger partial charge in [0.1, 0.15) is 5.60 Å². The molecule has 102 valence electrons. The molecule has 0 bridgehead atoms. The molecule has 18 heavy (non-hydrogen) atoms. The van der Waals surface area contributed by atoms with Crippen molar-refractivity contribution in [1.29, 1.82) is 0 Å². The fourth-order valence-electron chi connectivity index (χ4n) is 2.62. The average Bonchev–Trinajstić information content (AvgIpc) is 2.66. The largest absolute Gasteiger partial charge is 0.370 e. The lowest BCUT2D eigenvalue weighted by molar-refractivity contribution is -0.0365. The van der Waals surface area contributed by atoms with Gasteiger partial charge in [-0.1, -0.05) is 30.8 Å². The van der Waals surface area contributed by atoms with E-state index in [4.69, 9.17) is 15.0 Å². The van der Waals surface area contributed by atoms with E-state index in [1.807, 2.05) is 6.92 Å². The lowest BCUT2D eigenvalue weighted by Gasteiger charge is -2.27. The Kier molecular flexibility index (Phi) is 4.35. The van der Waals surface area contributed by atoms with E-state index in [0.717, 1.165) is 25.7 Å². The summed E-state index contributed by atoms with van der Waals surface area (Å²) >= 11 is 0. The predicted octanol–water partition coefficient (Wildman–Crippen LogP) is 2.16. The molecule has 0 saturated heterocycles. The summed E-state index contributed by atoms with van der Waals surface area (Å²) in [4.78, 5) is 4.48. The molecular formula is C13H23N3O2. The van der Waals surface area contributed by atoms with E-state index in [2.05, 4.69) is 10.1 Å². The lowest BCUT2D eigenvalue weighted by Crippen LogP contribution is -2.29. The van der Waals surface area contributed by atoms with Crippen LogP contribution in [0.3, 0.4) is 0 Å². The molecule has 1 aliphatic rings. The summed E-state index contributed by atoms with van der Waals surface area (Å²) in [5.74, 6) is 1.31. The van der Waals surface area contributed by atoms with Crippen LogP contribution in [0, 0.1) is 0 Å². The Bertz CT molecular complexity index is 368. The Morgan fingerprint density at radius 2 is 2.00 bits per heavy atom. The Morgan fingerprint density at radius 1 is 1.33 bits per heavy atom. The van der Waals surface area contributed by atoms with Crippen molar-refractivity contribution in [2.45, 2.75) is 63.5 Å². The molecule has 1 fully saturated rings. The van der Waals surface area contributed by atoms with E-state index in [1.54, 1.807) is 7.11 Å².